The van der Waals surface area contributed by atoms with Gasteiger partial charge < -0.3 is 5.21 Å². The van der Waals surface area contributed by atoms with E-state index >= 15 is 0 Å². The van der Waals surface area contributed by atoms with Gasteiger partial charge in [0.2, 0.25) is 0 Å². The summed E-state index contributed by atoms with van der Waals surface area (Å²) in [5.41, 5.74) is 2.95. The van der Waals surface area contributed by atoms with Crippen molar-refractivity contribution in [1.82, 2.24) is 0 Å². The van der Waals surface area contributed by atoms with Crippen molar-refractivity contribution < 1.29 is 5.21 Å². The zero-order chi connectivity index (χ0) is 8.55. The molecular weight excluding hydrogens is 174 g/mol. The molecule has 0 radical (unpaired) electrons. The van der Waals surface area contributed by atoms with Gasteiger partial charge in [0.25, 0.3) is 0 Å². The standard InChI is InChI=1S/C9H8ClNO/c10-7-3-1-6-2-4-9(11-12)8(6)5-7/h1,3,5,12H,2,4H2. The van der Waals surface area contributed by atoms with Crippen LogP contribution >= 0.6 is 11.6 Å². The SMILES string of the molecule is ON=C1CCc2ccc(Cl)cc21. The molecule has 12 heavy (non-hydrogen) atoms. The number of halogens is 1. The molecule has 2 rings (SSSR count). The molecule has 0 fully saturated rings. The van der Waals surface area contributed by atoms with E-state index in [1.165, 1.54) is 5.56 Å². The van der Waals surface area contributed by atoms with Crippen molar-refractivity contribution in [2.45, 2.75) is 12.8 Å². The maximum absolute atomic E-state index is 8.65. The number of nitrogens with zero attached hydrogens (tertiary/aromatic N) is 1. The molecule has 3 heteroatoms. The van der Waals surface area contributed by atoms with Crippen LogP contribution in [0.4, 0.5) is 0 Å². The summed E-state index contributed by atoms with van der Waals surface area (Å²) in [6.07, 6.45) is 1.76. The lowest BCUT2D eigenvalue weighted by Crippen LogP contribution is -1.93. The summed E-state index contributed by atoms with van der Waals surface area (Å²) in [5, 5.41) is 12.6. The molecule has 1 aliphatic carbocycles. The quantitative estimate of drug-likeness (QED) is 0.484. The second-order valence-corrected chi connectivity index (χ2v) is 3.28. The summed E-state index contributed by atoms with van der Waals surface area (Å²) in [6, 6.07) is 5.69. The zero-order valence-electron chi connectivity index (χ0n) is 6.42. The fourth-order valence-corrected chi connectivity index (χ4v) is 1.70. The summed E-state index contributed by atoms with van der Waals surface area (Å²) in [5.74, 6) is 0. The third kappa shape index (κ3) is 1.08. The topological polar surface area (TPSA) is 32.6 Å². The first kappa shape index (κ1) is 7.62. The van der Waals surface area contributed by atoms with Crippen LogP contribution in [0.5, 0.6) is 0 Å². The van der Waals surface area contributed by atoms with Gasteiger partial charge in [-0.1, -0.05) is 22.8 Å². The van der Waals surface area contributed by atoms with Crippen molar-refractivity contribution in [1.29, 1.82) is 0 Å². The van der Waals surface area contributed by atoms with Crippen molar-refractivity contribution in [3.63, 3.8) is 0 Å². The van der Waals surface area contributed by atoms with Gasteiger partial charge in [0.1, 0.15) is 0 Å². The van der Waals surface area contributed by atoms with E-state index in [9.17, 15) is 0 Å². The number of rotatable bonds is 0. The van der Waals surface area contributed by atoms with Crippen LogP contribution in [0.1, 0.15) is 17.5 Å². The molecule has 2 nitrogen and oxygen atoms in total. The molecule has 0 aromatic heterocycles. The smallest absolute Gasteiger partial charge is 0.0874 e. The molecule has 0 spiro atoms. The molecule has 0 heterocycles. The summed E-state index contributed by atoms with van der Waals surface area (Å²) in [4.78, 5) is 0. The molecule has 0 saturated heterocycles. The van der Waals surface area contributed by atoms with E-state index in [1.807, 2.05) is 18.2 Å². The molecular formula is C9H8ClNO. The lowest BCUT2D eigenvalue weighted by atomic mass is 10.1. The van der Waals surface area contributed by atoms with E-state index < -0.39 is 0 Å². The Balaban J connectivity index is 2.57. The van der Waals surface area contributed by atoms with Gasteiger partial charge in [-0.05, 0) is 30.5 Å². The maximum atomic E-state index is 8.65. The summed E-state index contributed by atoms with van der Waals surface area (Å²) < 4.78 is 0. The van der Waals surface area contributed by atoms with Gasteiger partial charge >= 0.3 is 0 Å². The number of oxime groups is 1. The molecule has 1 aromatic carbocycles. The van der Waals surface area contributed by atoms with Crippen molar-refractivity contribution in [3.05, 3.63) is 34.3 Å². The normalized spacial score (nSPS) is 18.2. The Kier molecular flexibility index (Phi) is 1.77. The Morgan fingerprint density at radius 2 is 2.17 bits per heavy atom. The Bertz CT molecular complexity index is 346. The average molecular weight is 182 g/mol. The average Bonchev–Trinajstić information content (AvgIpc) is 2.46. The van der Waals surface area contributed by atoms with Crippen LogP contribution in [0.25, 0.3) is 0 Å². The van der Waals surface area contributed by atoms with Gasteiger partial charge in [0, 0.05) is 10.6 Å². The highest BCUT2D eigenvalue weighted by atomic mass is 35.5. The van der Waals surface area contributed by atoms with Gasteiger partial charge in [0.15, 0.2) is 0 Å². The van der Waals surface area contributed by atoms with Crippen molar-refractivity contribution in [2.24, 2.45) is 5.16 Å². The molecule has 0 amide bonds. The first-order valence-corrected chi connectivity index (χ1v) is 4.19. The van der Waals surface area contributed by atoms with E-state index in [0.29, 0.717) is 5.02 Å². The fourth-order valence-electron chi connectivity index (χ4n) is 1.53. The highest BCUT2D eigenvalue weighted by Crippen LogP contribution is 2.25. The molecule has 1 N–H and O–H groups in total. The second-order valence-electron chi connectivity index (χ2n) is 2.85. The van der Waals surface area contributed by atoms with Crippen LogP contribution in [-0.4, -0.2) is 10.9 Å². The summed E-state index contributed by atoms with van der Waals surface area (Å²) in [6.45, 7) is 0. The molecule has 0 unspecified atom stereocenters. The minimum Gasteiger partial charge on any atom is -0.411 e. The van der Waals surface area contributed by atoms with E-state index in [0.717, 1.165) is 24.1 Å². The van der Waals surface area contributed by atoms with Gasteiger partial charge in [-0.15, -0.1) is 0 Å². The van der Waals surface area contributed by atoms with Crippen LogP contribution in [0.15, 0.2) is 23.4 Å². The Labute approximate surface area is 75.5 Å². The lowest BCUT2D eigenvalue weighted by molar-refractivity contribution is 0.318. The Morgan fingerprint density at radius 1 is 1.33 bits per heavy atom. The number of aryl methyl sites for hydroxylation is 1. The Morgan fingerprint density at radius 3 is 2.92 bits per heavy atom. The zero-order valence-corrected chi connectivity index (χ0v) is 7.17. The molecule has 0 saturated carbocycles. The molecule has 0 bridgehead atoms. The van der Waals surface area contributed by atoms with E-state index in [4.69, 9.17) is 16.8 Å². The van der Waals surface area contributed by atoms with Crippen LogP contribution in [0, 0.1) is 0 Å². The number of hydrogen-bond donors (Lipinski definition) is 1. The van der Waals surface area contributed by atoms with Gasteiger partial charge in [-0.3, -0.25) is 0 Å². The van der Waals surface area contributed by atoms with Crippen LogP contribution in [0.3, 0.4) is 0 Å². The van der Waals surface area contributed by atoms with Crippen molar-refractivity contribution in [3.8, 4) is 0 Å². The van der Waals surface area contributed by atoms with E-state index in [2.05, 4.69) is 5.16 Å². The van der Waals surface area contributed by atoms with E-state index in [1.54, 1.807) is 0 Å². The summed E-state index contributed by atoms with van der Waals surface area (Å²) in [7, 11) is 0. The first-order chi connectivity index (χ1) is 5.81. The Hall–Kier alpha value is -1.02. The highest BCUT2D eigenvalue weighted by Gasteiger charge is 2.17. The van der Waals surface area contributed by atoms with Gasteiger partial charge in [-0.25, -0.2) is 0 Å². The molecule has 1 aromatic rings. The van der Waals surface area contributed by atoms with Crippen molar-refractivity contribution >= 4 is 17.3 Å². The van der Waals surface area contributed by atoms with Gasteiger partial charge in [0.05, 0.1) is 5.71 Å². The van der Waals surface area contributed by atoms with Gasteiger partial charge in [-0.2, -0.15) is 0 Å². The fraction of sp³-hybridized carbons (Fsp3) is 0.222. The third-order valence-corrected chi connectivity index (χ3v) is 2.37. The predicted octanol–water partition coefficient (Wildman–Crippen LogP) is 2.46. The maximum Gasteiger partial charge on any atom is 0.0874 e. The predicted molar refractivity (Wildman–Crippen MR) is 48.1 cm³/mol. The molecule has 0 atom stereocenters. The highest BCUT2D eigenvalue weighted by molar-refractivity contribution is 6.31. The second kappa shape index (κ2) is 2.79. The number of fused-ring (bicyclic) bond motifs is 1. The summed E-state index contributed by atoms with van der Waals surface area (Å²) >= 11 is 5.81. The lowest BCUT2D eigenvalue weighted by Gasteiger charge is -1.97. The van der Waals surface area contributed by atoms with Crippen molar-refractivity contribution in [2.75, 3.05) is 0 Å². The largest absolute Gasteiger partial charge is 0.411 e. The molecule has 1 aliphatic rings. The van der Waals surface area contributed by atoms with Crippen LogP contribution < -0.4 is 0 Å². The molecule has 62 valence electrons. The van der Waals surface area contributed by atoms with Crippen LogP contribution in [-0.2, 0) is 6.42 Å². The molecule has 0 aliphatic heterocycles. The number of hydrogen-bond acceptors (Lipinski definition) is 2. The third-order valence-electron chi connectivity index (χ3n) is 2.13. The minimum atomic E-state index is 0.691. The number of benzene rings is 1. The van der Waals surface area contributed by atoms with E-state index in [-0.39, 0.29) is 0 Å². The monoisotopic (exact) mass is 181 g/mol. The minimum absolute atomic E-state index is 0.691. The van der Waals surface area contributed by atoms with Crippen LogP contribution in [0.2, 0.25) is 5.02 Å². The first-order valence-electron chi connectivity index (χ1n) is 3.81.